The minimum Gasteiger partial charge on any atom is -0.410 e. The van der Waals surface area contributed by atoms with Gasteiger partial charge in [-0.2, -0.15) is 18.4 Å². The van der Waals surface area contributed by atoms with Gasteiger partial charge in [-0.1, -0.05) is 18.2 Å². The highest BCUT2D eigenvalue weighted by molar-refractivity contribution is 5.86. The zero-order valence-corrected chi connectivity index (χ0v) is 11.0. The van der Waals surface area contributed by atoms with E-state index in [1.807, 2.05) is 0 Å². The van der Waals surface area contributed by atoms with E-state index in [-0.39, 0.29) is 5.75 Å². The quantitative estimate of drug-likeness (QED) is 0.905. The maximum absolute atomic E-state index is 12.8. The van der Waals surface area contributed by atoms with Crippen LogP contribution >= 0.6 is 0 Å². The van der Waals surface area contributed by atoms with Crippen LogP contribution in [-0.4, -0.2) is 6.09 Å². The molecule has 1 amide bonds. The van der Waals surface area contributed by atoms with Crippen molar-refractivity contribution in [3.8, 4) is 11.8 Å². The molecule has 1 N–H and O–H groups in total. The molecule has 0 atom stereocenters. The summed E-state index contributed by atoms with van der Waals surface area (Å²) in [6.07, 6.45) is -5.63. The van der Waals surface area contributed by atoms with Crippen LogP contribution in [0.2, 0.25) is 0 Å². The van der Waals surface area contributed by atoms with Gasteiger partial charge in [0, 0.05) is 5.69 Å². The number of alkyl halides is 3. The number of amides is 1. The van der Waals surface area contributed by atoms with Gasteiger partial charge in [-0.05, 0) is 30.3 Å². The summed E-state index contributed by atoms with van der Waals surface area (Å²) in [7, 11) is 0. The Labute approximate surface area is 123 Å². The van der Waals surface area contributed by atoms with Crippen molar-refractivity contribution >= 4 is 11.8 Å². The molecule has 2 rings (SSSR count). The number of rotatable bonds is 2. The summed E-state index contributed by atoms with van der Waals surface area (Å²) in [6, 6.07) is 12.4. The number of benzene rings is 2. The molecule has 0 fully saturated rings. The molecule has 0 spiro atoms. The van der Waals surface area contributed by atoms with Gasteiger partial charge in [0.15, 0.2) is 0 Å². The summed E-state index contributed by atoms with van der Waals surface area (Å²) in [5.41, 5.74) is -1.25. The van der Waals surface area contributed by atoms with E-state index in [0.717, 1.165) is 12.1 Å². The summed E-state index contributed by atoms with van der Waals surface area (Å²) in [4.78, 5) is 11.6. The first-order chi connectivity index (χ1) is 10.4. The first kappa shape index (κ1) is 15.4. The van der Waals surface area contributed by atoms with Crippen LogP contribution in [0.5, 0.6) is 5.75 Å². The van der Waals surface area contributed by atoms with E-state index in [4.69, 9.17) is 10.00 Å². The lowest BCUT2D eigenvalue weighted by Gasteiger charge is -2.11. The van der Waals surface area contributed by atoms with Gasteiger partial charge in [-0.25, -0.2) is 4.79 Å². The van der Waals surface area contributed by atoms with Gasteiger partial charge in [-0.3, -0.25) is 5.32 Å². The zero-order valence-electron chi connectivity index (χ0n) is 11.0. The average Bonchev–Trinajstić information content (AvgIpc) is 2.47. The predicted octanol–water partition coefficient (Wildman–Crippen LogP) is 4.19. The second-order valence-corrected chi connectivity index (χ2v) is 4.20. The number of carbonyl (C=O) groups excluding carboxylic acids is 1. The van der Waals surface area contributed by atoms with Crippen LogP contribution in [0.25, 0.3) is 0 Å². The lowest BCUT2D eigenvalue weighted by molar-refractivity contribution is -0.137. The largest absolute Gasteiger partial charge is 0.417 e. The molecule has 4 nitrogen and oxygen atoms in total. The van der Waals surface area contributed by atoms with Crippen LogP contribution in [0.1, 0.15) is 11.1 Å². The van der Waals surface area contributed by atoms with Gasteiger partial charge in [0.1, 0.15) is 5.75 Å². The van der Waals surface area contributed by atoms with E-state index in [1.165, 1.54) is 6.07 Å². The first-order valence-electron chi connectivity index (χ1n) is 6.05. The first-order valence-corrected chi connectivity index (χ1v) is 6.05. The Morgan fingerprint density at radius 2 is 1.82 bits per heavy atom. The molecule has 2 aromatic rings. The molecular formula is C15H9F3N2O2. The Bertz CT molecular complexity index is 722. The van der Waals surface area contributed by atoms with Crippen molar-refractivity contribution in [3.05, 3.63) is 59.7 Å². The highest BCUT2D eigenvalue weighted by Gasteiger charge is 2.34. The van der Waals surface area contributed by atoms with Crippen molar-refractivity contribution in [2.75, 3.05) is 5.32 Å². The van der Waals surface area contributed by atoms with Crippen LogP contribution in [-0.2, 0) is 6.18 Å². The van der Waals surface area contributed by atoms with Crippen LogP contribution in [0.15, 0.2) is 48.5 Å². The maximum Gasteiger partial charge on any atom is 0.417 e. The summed E-state index contributed by atoms with van der Waals surface area (Å²) in [5.74, 6) is -0.306. The third kappa shape index (κ3) is 3.76. The molecule has 0 radical (unpaired) electrons. The average molecular weight is 306 g/mol. The molecule has 7 heteroatoms. The maximum atomic E-state index is 12.8. The smallest absolute Gasteiger partial charge is 0.410 e. The normalized spacial score (nSPS) is 10.6. The highest BCUT2D eigenvalue weighted by atomic mass is 19.4. The number of halogens is 3. The molecule has 112 valence electrons. The van der Waals surface area contributed by atoms with Crippen LogP contribution < -0.4 is 10.1 Å². The number of nitriles is 1. The fourth-order valence-electron chi connectivity index (χ4n) is 1.69. The second kappa shape index (κ2) is 6.18. The number of carbonyl (C=O) groups is 1. The lowest BCUT2D eigenvalue weighted by Crippen LogP contribution is -2.17. The fourth-order valence-corrected chi connectivity index (χ4v) is 1.69. The van der Waals surface area contributed by atoms with Crippen molar-refractivity contribution in [3.63, 3.8) is 0 Å². The van der Waals surface area contributed by atoms with E-state index in [1.54, 1.807) is 30.3 Å². The van der Waals surface area contributed by atoms with Crippen LogP contribution in [0, 0.1) is 11.3 Å². The molecule has 0 saturated carbocycles. The minimum atomic E-state index is -4.71. The van der Waals surface area contributed by atoms with Crippen molar-refractivity contribution in [1.29, 1.82) is 5.26 Å². The molecule has 0 aliphatic carbocycles. The number of nitrogens with one attached hydrogen (secondary N) is 1. The zero-order chi connectivity index (χ0) is 16.2. The Morgan fingerprint density at radius 1 is 1.14 bits per heavy atom. The van der Waals surface area contributed by atoms with Gasteiger partial charge < -0.3 is 4.74 Å². The van der Waals surface area contributed by atoms with Gasteiger partial charge in [0.2, 0.25) is 0 Å². The van der Waals surface area contributed by atoms with Crippen LogP contribution in [0.4, 0.5) is 23.7 Å². The van der Waals surface area contributed by atoms with Gasteiger partial charge in [-0.15, -0.1) is 0 Å². The number of para-hydroxylation sites is 1. The SMILES string of the molecule is N#Cc1ccc(OC(=O)Nc2ccccc2)cc1C(F)(F)F. The molecule has 2 aromatic carbocycles. The van der Waals surface area contributed by atoms with E-state index < -0.39 is 23.4 Å². The monoisotopic (exact) mass is 306 g/mol. The van der Waals surface area contributed by atoms with Gasteiger partial charge in [0.25, 0.3) is 0 Å². The molecular weight excluding hydrogens is 297 g/mol. The third-order valence-corrected chi connectivity index (χ3v) is 2.65. The molecule has 0 unspecified atom stereocenters. The van der Waals surface area contributed by atoms with E-state index in [9.17, 15) is 18.0 Å². The second-order valence-electron chi connectivity index (χ2n) is 4.20. The number of ether oxygens (including phenoxy) is 1. The summed E-state index contributed by atoms with van der Waals surface area (Å²) in [5, 5.41) is 11.0. The van der Waals surface area contributed by atoms with Gasteiger partial charge >= 0.3 is 12.3 Å². The van der Waals surface area contributed by atoms with Crippen molar-refractivity contribution in [2.24, 2.45) is 0 Å². The van der Waals surface area contributed by atoms with Crippen molar-refractivity contribution in [2.45, 2.75) is 6.18 Å². The molecule has 0 aliphatic heterocycles. The predicted molar refractivity (Wildman–Crippen MR) is 72.2 cm³/mol. The molecule has 0 bridgehead atoms. The number of hydrogen-bond donors (Lipinski definition) is 1. The molecule has 0 saturated heterocycles. The number of nitrogens with zero attached hydrogens (tertiary/aromatic N) is 1. The Balaban J connectivity index is 2.17. The Kier molecular flexibility index (Phi) is 4.32. The molecule has 22 heavy (non-hydrogen) atoms. The summed E-state index contributed by atoms with van der Waals surface area (Å²) in [6.45, 7) is 0. The summed E-state index contributed by atoms with van der Waals surface area (Å²) < 4.78 is 43.2. The summed E-state index contributed by atoms with van der Waals surface area (Å²) >= 11 is 0. The number of hydrogen-bond acceptors (Lipinski definition) is 3. The van der Waals surface area contributed by atoms with E-state index >= 15 is 0 Å². The topological polar surface area (TPSA) is 62.1 Å². The lowest BCUT2D eigenvalue weighted by atomic mass is 10.1. The van der Waals surface area contributed by atoms with E-state index in [0.29, 0.717) is 11.8 Å². The number of anilines is 1. The van der Waals surface area contributed by atoms with Crippen LogP contribution in [0.3, 0.4) is 0 Å². The Hall–Kier alpha value is -3.01. The molecule has 0 aromatic heterocycles. The highest BCUT2D eigenvalue weighted by Crippen LogP contribution is 2.34. The van der Waals surface area contributed by atoms with Gasteiger partial charge in [0.05, 0.1) is 17.2 Å². The van der Waals surface area contributed by atoms with E-state index in [2.05, 4.69) is 5.32 Å². The fraction of sp³-hybridized carbons (Fsp3) is 0.0667. The Morgan fingerprint density at radius 3 is 2.41 bits per heavy atom. The third-order valence-electron chi connectivity index (χ3n) is 2.65. The molecule has 0 aliphatic rings. The van der Waals surface area contributed by atoms with Crippen molar-refractivity contribution in [1.82, 2.24) is 0 Å². The molecule has 0 heterocycles. The van der Waals surface area contributed by atoms with Crippen molar-refractivity contribution < 1.29 is 22.7 Å². The standard InChI is InChI=1S/C15H9F3N2O2/c16-15(17,18)13-8-12(7-6-10(13)9-19)22-14(21)20-11-4-2-1-3-5-11/h1-8H,(H,20,21). The minimum absolute atomic E-state index is 0.306.